The topological polar surface area (TPSA) is 51.9 Å². The van der Waals surface area contributed by atoms with Gasteiger partial charge in [-0.25, -0.2) is 0 Å². The first-order valence-corrected chi connectivity index (χ1v) is 9.22. The first-order valence-electron chi connectivity index (χ1n) is 8.85. The Morgan fingerprint density at radius 3 is 2.81 bits per heavy atom. The molecule has 1 aromatic heterocycles. The molecule has 1 amide bonds. The van der Waals surface area contributed by atoms with E-state index in [1.165, 1.54) is 0 Å². The maximum atomic E-state index is 12.8. The Kier molecular flexibility index (Phi) is 6.22. The molecule has 0 bridgehead atoms. The van der Waals surface area contributed by atoms with Crippen LogP contribution in [0.1, 0.15) is 29.9 Å². The second kappa shape index (κ2) is 8.60. The highest BCUT2D eigenvalue weighted by Crippen LogP contribution is 2.22. The molecule has 1 aliphatic rings. The maximum absolute atomic E-state index is 12.8. The summed E-state index contributed by atoms with van der Waals surface area (Å²) < 4.78 is 17.0. The van der Waals surface area contributed by atoms with Gasteiger partial charge in [-0.2, -0.15) is 0 Å². The zero-order chi connectivity index (χ0) is 18.5. The van der Waals surface area contributed by atoms with Crippen molar-refractivity contribution in [3.63, 3.8) is 0 Å². The van der Waals surface area contributed by atoms with Gasteiger partial charge in [-0.1, -0.05) is 11.6 Å². The number of hydrogen-bond donors (Lipinski definition) is 0. The summed E-state index contributed by atoms with van der Waals surface area (Å²) in [7, 11) is 0. The largest absolute Gasteiger partial charge is 0.483 e. The minimum absolute atomic E-state index is 0.0329. The highest BCUT2D eigenvalue weighted by molar-refractivity contribution is 6.30. The van der Waals surface area contributed by atoms with Crippen molar-refractivity contribution in [2.24, 2.45) is 0 Å². The van der Waals surface area contributed by atoms with Crippen LogP contribution >= 0.6 is 11.6 Å². The minimum Gasteiger partial charge on any atom is -0.483 e. The number of furan rings is 1. The van der Waals surface area contributed by atoms with Crippen LogP contribution in [0.4, 0.5) is 0 Å². The third-order valence-corrected chi connectivity index (χ3v) is 4.67. The molecule has 26 heavy (non-hydrogen) atoms. The van der Waals surface area contributed by atoms with Crippen molar-refractivity contribution < 1.29 is 18.7 Å². The highest BCUT2D eigenvalue weighted by atomic mass is 35.5. The number of carbonyl (C=O) groups is 1. The van der Waals surface area contributed by atoms with Crippen molar-refractivity contribution in [1.82, 2.24) is 4.90 Å². The van der Waals surface area contributed by atoms with Gasteiger partial charge in [-0.15, -0.1) is 0 Å². The third-order valence-electron chi connectivity index (χ3n) is 4.43. The van der Waals surface area contributed by atoms with Crippen LogP contribution in [-0.2, 0) is 16.1 Å². The lowest BCUT2D eigenvalue weighted by atomic mass is 10.2. The number of rotatable bonds is 7. The summed E-state index contributed by atoms with van der Waals surface area (Å²) in [6.07, 6.45) is 2.08. The van der Waals surface area contributed by atoms with E-state index in [0.717, 1.165) is 36.5 Å². The molecule has 0 N–H and O–H groups in total. The van der Waals surface area contributed by atoms with E-state index in [1.54, 1.807) is 17.0 Å². The van der Waals surface area contributed by atoms with Gasteiger partial charge in [0, 0.05) is 18.2 Å². The van der Waals surface area contributed by atoms with Crippen LogP contribution in [0, 0.1) is 13.8 Å². The van der Waals surface area contributed by atoms with E-state index in [-0.39, 0.29) is 18.6 Å². The summed E-state index contributed by atoms with van der Waals surface area (Å²) >= 11 is 5.96. The fraction of sp³-hybridized carbons (Fsp3) is 0.450. The number of carbonyl (C=O) groups excluding carboxylic acids is 1. The minimum atomic E-state index is -0.0936. The Labute approximate surface area is 158 Å². The van der Waals surface area contributed by atoms with Gasteiger partial charge in [0.25, 0.3) is 5.91 Å². The molecular formula is C20H24ClNO4. The zero-order valence-corrected chi connectivity index (χ0v) is 15.9. The molecule has 0 aliphatic carbocycles. The molecule has 1 saturated heterocycles. The molecule has 0 spiro atoms. The van der Waals surface area contributed by atoms with E-state index in [2.05, 4.69) is 0 Å². The number of halogens is 1. The number of nitrogens with zero attached hydrogens (tertiary/aromatic N) is 1. The van der Waals surface area contributed by atoms with Gasteiger partial charge >= 0.3 is 0 Å². The summed E-state index contributed by atoms with van der Waals surface area (Å²) in [5, 5.41) is 0.648. The maximum Gasteiger partial charge on any atom is 0.261 e. The quantitative estimate of drug-likeness (QED) is 0.727. The molecular weight excluding hydrogens is 354 g/mol. The van der Waals surface area contributed by atoms with Gasteiger partial charge < -0.3 is 18.8 Å². The lowest BCUT2D eigenvalue weighted by Crippen LogP contribution is -2.39. The zero-order valence-electron chi connectivity index (χ0n) is 15.2. The summed E-state index contributed by atoms with van der Waals surface area (Å²) in [5.74, 6) is 2.16. The third kappa shape index (κ3) is 5.02. The van der Waals surface area contributed by atoms with Gasteiger partial charge in [0.15, 0.2) is 6.61 Å². The standard InChI is InChI=1S/C20H24ClNO4/c1-14-10-16(21)6-8-19(14)25-13-20(23)22(11-17-4-3-9-24-17)12-18-7-5-15(2)26-18/h5-8,10,17H,3-4,9,11-13H2,1-2H3. The Morgan fingerprint density at radius 1 is 1.31 bits per heavy atom. The van der Waals surface area contributed by atoms with E-state index >= 15 is 0 Å². The van der Waals surface area contributed by atoms with Crippen molar-refractivity contribution in [3.8, 4) is 5.75 Å². The molecule has 1 aliphatic heterocycles. The molecule has 3 rings (SSSR count). The van der Waals surface area contributed by atoms with Gasteiger partial charge in [-0.3, -0.25) is 4.79 Å². The van der Waals surface area contributed by atoms with Crippen LogP contribution in [0.25, 0.3) is 0 Å². The molecule has 0 radical (unpaired) electrons. The molecule has 1 aromatic carbocycles. The van der Waals surface area contributed by atoms with Crippen LogP contribution in [0.15, 0.2) is 34.7 Å². The fourth-order valence-corrected chi connectivity index (χ4v) is 3.28. The predicted molar refractivity (Wildman–Crippen MR) is 99.5 cm³/mol. The lowest BCUT2D eigenvalue weighted by molar-refractivity contribution is -0.135. The smallest absolute Gasteiger partial charge is 0.261 e. The average Bonchev–Trinajstić information content (AvgIpc) is 3.25. The molecule has 1 fully saturated rings. The average molecular weight is 378 g/mol. The van der Waals surface area contributed by atoms with Crippen LogP contribution in [-0.4, -0.2) is 36.7 Å². The molecule has 140 valence electrons. The summed E-state index contributed by atoms with van der Waals surface area (Å²) in [4.78, 5) is 14.5. The monoisotopic (exact) mass is 377 g/mol. The van der Waals surface area contributed by atoms with Gasteiger partial charge in [0.05, 0.1) is 12.6 Å². The summed E-state index contributed by atoms with van der Waals surface area (Å²) in [5.41, 5.74) is 0.901. The van der Waals surface area contributed by atoms with E-state index in [9.17, 15) is 4.79 Å². The van der Waals surface area contributed by atoms with Crippen LogP contribution in [0.2, 0.25) is 5.02 Å². The van der Waals surface area contributed by atoms with Crippen molar-refractivity contribution in [2.75, 3.05) is 19.8 Å². The molecule has 5 nitrogen and oxygen atoms in total. The number of amides is 1. The van der Waals surface area contributed by atoms with E-state index < -0.39 is 0 Å². The second-order valence-electron chi connectivity index (χ2n) is 6.62. The first kappa shape index (κ1) is 18.8. The number of benzene rings is 1. The van der Waals surface area contributed by atoms with E-state index in [1.807, 2.05) is 32.0 Å². The van der Waals surface area contributed by atoms with Crippen molar-refractivity contribution >= 4 is 17.5 Å². The highest BCUT2D eigenvalue weighted by Gasteiger charge is 2.24. The van der Waals surface area contributed by atoms with Crippen molar-refractivity contribution in [1.29, 1.82) is 0 Å². The number of hydrogen-bond acceptors (Lipinski definition) is 4. The molecule has 6 heteroatoms. The summed E-state index contributed by atoms with van der Waals surface area (Å²) in [6, 6.07) is 9.15. The van der Waals surface area contributed by atoms with Crippen molar-refractivity contribution in [2.45, 2.75) is 39.3 Å². The van der Waals surface area contributed by atoms with Crippen LogP contribution in [0.3, 0.4) is 0 Å². The molecule has 2 heterocycles. The number of aryl methyl sites for hydroxylation is 2. The Bertz CT molecular complexity index is 752. The molecule has 1 unspecified atom stereocenters. The van der Waals surface area contributed by atoms with Crippen molar-refractivity contribution in [3.05, 3.63) is 52.4 Å². The fourth-order valence-electron chi connectivity index (χ4n) is 3.05. The molecule has 1 atom stereocenters. The lowest BCUT2D eigenvalue weighted by Gasteiger charge is -2.25. The van der Waals surface area contributed by atoms with Crippen LogP contribution in [0.5, 0.6) is 5.75 Å². The Balaban J connectivity index is 1.64. The van der Waals surface area contributed by atoms with Crippen LogP contribution < -0.4 is 4.74 Å². The SMILES string of the molecule is Cc1ccc(CN(CC2CCCO2)C(=O)COc2ccc(Cl)cc2C)o1. The van der Waals surface area contributed by atoms with Gasteiger partial charge in [0.1, 0.15) is 17.3 Å². The number of ether oxygens (including phenoxy) is 2. The second-order valence-corrected chi connectivity index (χ2v) is 7.06. The summed E-state index contributed by atoms with van der Waals surface area (Å²) in [6.45, 7) is 5.47. The van der Waals surface area contributed by atoms with Gasteiger partial charge in [0.2, 0.25) is 0 Å². The molecule has 0 saturated carbocycles. The Morgan fingerprint density at radius 2 is 2.15 bits per heavy atom. The van der Waals surface area contributed by atoms with Gasteiger partial charge in [-0.05, 0) is 62.6 Å². The van der Waals surface area contributed by atoms with E-state index in [4.69, 9.17) is 25.5 Å². The first-order chi connectivity index (χ1) is 12.5. The van der Waals surface area contributed by atoms with E-state index in [0.29, 0.717) is 23.9 Å². The molecule has 2 aromatic rings. The predicted octanol–water partition coefficient (Wildman–Crippen LogP) is 4.14. The Hall–Kier alpha value is -1.98. The normalized spacial score (nSPS) is 16.7.